The molecule has 17 heavy (non-hydrogen) atoms. The third kappa shape index (κ3) is 2.42. The van der Waals surface area contributed by atoms with Gasteiger partial charge in [0.05, 0.1) is 22.1 Å². The fourth-order valence-electron chi connectivity index (χ4n) is 1.64. The van der Waals surface area contributed by atoms with E-state index >= 15 is 0 Å². The Morgan fingerprint density at radius 3 is 2.71 bits per heavy atom. The molecule has 5 nitrogen and oxygen atoms in total. The van der Waals surface area contributed by atoms with Gasteiger partial charge in [-0.2, -0.15) is 5.10 Å². The predicted molar refractivity (Wildman–Crippen MR) is 72.0 cm³/mol. The van der Waals surface area contributed by atoms with Crippen molar-refractivity contribution < 1.29 is 0 Å². The lowest BCUT2D eigenvalue weighted by Crippen LogP contribution is -2.31. The number of nitrogens with zero attached hydrogens (tertiary/aromatic N) is 3. The molecule has 0 aliphatic heterocycles. The molecule has 0 bridgehead atoms. The minimum absolute atomic E-state index is 0.229. The topological polar surface area (TPSA) is 68.8 Å². The number of nitrogens with two attached hydrogens (primary N) is 1. The van der Waals surface area contributed by atoms with Crippen molar-refractivity contribution in [2.75, 3.05) is 0 Å². The maximum Gasteiger partial charge on any atom is 0.107 e. The molecule has 90 valence electrons. The summed E-state index contributed by atoms with van der Waals surface area (Å²) in [4.78, 5) is 4.34. The first-order valence-corrected chi connectivity index (χ1v) is 6.47. The number of aromatic nitrogens is 3. The van der Waals surface area contributed by atoms with Gasteiger partial charge in [0.2, 0.25) is 0 Å². The van der Waals surface area contributed by atoms with Gasteiger partial charge in [-0.25, -0.2) is 5.43 Å². The van der Waals surface area contributed by atoms with Gasteiger partial charge in [0, 0.05) is 17.7 Å². The lowest BCUT2D eigenvalue weighted by Gasteiger charge is -2.17. The van der Waals surface area contributed by atoms with E-state index in [-0.39, 0.29) is 6.04 Å². The van der Waals surface area contributed by atoms with Crippen LogP contribution in [0.4, 0.5) is 0 Å². The van der Waals surface area contributed by atoms with Crippen LogP contribution in [0.25, 0.3) is 0 Å². The fourth-order valence-corrected chi connectivity index (χ4v) is 2.70. The van der Waals surface area contributed by atoms with Crippen LogP contribution in [0.2, 0.25) is 0 Å². The van der Waals surface area contributed by atoms with Gasteiger partial charge in [0.1, 0.15) is 6.04 Å². The predicted octanol–water partition coefficient (Wildman–Crippen LogP) is 1.89. The molecule has 2 aromatic heterocycles. The summed E-state index contributed by atoms with van der Waals surface area (Å²) in [5.41, 5.74) is 4.50. The van der Waals surface area contributed by atoms with Gasteiger partial charge in [-0.1, -0.05) is 0 Å². The highest BCUT2D eigenvalue weighted by atomic mass is 79.9. The highest BCUT2D eigenvalue weighted by Gasteiger charge is 2.22. The smallest absolute Gasteiger partial charge is 0.107 e. The molecule has 0 aliphatic carbocycles. The Balaban J connectivity index is 2.52. The van der Waals surface area contributed by atoms with E-state index in [1.54, 1.807) is 17.1 Å². The van der Waals surface area contributed by atoms with Crippen molar-refractivity contribution in [2.45, 2.75) is 6.04 Å². The number of hydrogen-bond acceptors (Lipinski definition) is 4. The van der Waals surface area contributed by atoms with E-state index in [0.29, 0.717) is 0 Å². The minimum atomic E-state index is -0.229. The number of halogens is 2. The second-order valence-corrected chi connectivity index (χ2v) is 5.18. The van der Waals surface area contributed by atoms with Crippen LogP contribution in [0.1, 0.15) is 17.4 Å². The van der Waals surface area contributed by atoms with Crippen LogP contribution in [-0.2, 0) is 7.05 Å². The molecule has 2 rings (SSSR count). The Bertz CT molecular complexity index is 506. The first-order chi connectivity index (χ1) is 8.15. The van der Waals surface area contributed by atoms with Gasteiger partial charge < -0.3 is 0 Å². The molecule has 0 saturated heterocycles. The number of hydrazine groups is 1. The van der Waals surface area contributed by atoms with Gasteiger partial charge in [-0.05, 0) is 44.0 Å². The molecule has 0 aliphatic rings. The third-order valence-electron chi connectivity index (χ3n) is 2.44. The van der Waals surface area contributed by atoms with E-state index in [2.05, 4.69) is 47.4 Å². The van der Waals surface area contributed by atoms with Crippen molar-refractivity contribution in [3.8, 4) is 0 Å². The lowest BCUT2D eigenvalue weighted by molar-refractivity contribution is 0.560. The highest BCUT2D eigenvalue weighted by molar-refractivity contribution is 9.10. The van der Waals surface area contributed by atoms with Crippen molar-refractivity contribution in [3.05, 3.63) is 44.9 Å². The Hall–Kier alpha value is -0.760. The lowest BCUT2D eigenvalue weighted by atomic mass is 10.1. The molecule has 0 aromatic carbocycles. The Morgan fingerprint density at radius 2 is 2.18 bits per heavy atom. The molecule has 0 radical (unpaired) electrons. The van der Waals surface area contributed by atoms with Crippen molar-refractivity contribution in [1.29, 1.82) is 0 Å². The van der Waals surface area contributed by atoms with E-state index in [0.717, 1.165) is 20.3 Å². The zero-order valence-corrected chi connectivity index (χ0v) is 12.2. The summed E-state index contributed by atoms with van der Waals surface area (Å²) in [6.45, 7) is 0. The molecule has 3 N–H and O–H groups in total. The Morgan fingerprint density at radius 1 is 1.41 bits per heavy atom. The van der Waals surface area contributed by atoms with E-state index in [9.17, 15) is 0 Å². The molecule has 0 saturated carbocycles. The summed E-state index contributed by atoms with van der Waals surface area (Å²) in [6.07, 6.45) is 3.46. The summed E-state index contributed by atoms with van der Waals surface area (Å²) in [6, 6.07) is 3.56. The van der Waals surface area contributed by atoms with Crippen molar-refractivity contribution in [2.24, 2.45) is 12.9 Å². The summed E-state index contributed by atoms with van der Waals surface area (Å²) in [7, 11) is 1.86. The maximum atomic E-state index is 5.63. The molecule has 0 fully saturated rings. The molecular formula is C10H11Br2N5. The van der Waals surface area contributed by atoms with Gasteiger partial charge in [0.15, 0.2) is 0 Å². The van der Waals surface area contributed by atoms with Crippen molar-refractivity contribution >= 4 is 31.9 Å². The SMILES string of the molecule is Cn1ncc(Br)c1C(NN)c1ncccc1Br. The van der Waals surface area contributed by atoms with Crippen LogP contribution in [0.3, 0.4) is 0 Å². The number of hydrogen-bond donors (Lipinski definition) is 2. The average Bonchev–Trinajstić information content (AvgIpc) is 2.64. The molecule has 2 aromatic rings. The number of pyridine rings is 1. The maximum absolute atomic E-state index is 5.63. The largest absolute Gasteiger partial charge is 0.270 e. The van der Waals surface area contributed by atoms with Crippen LogP contribution in [-0.4, -0.2) is 14.8 Å². The molecular weight excluding hydrogens is 350 g/mol. The monoisotopic (exact) mass is 359 g/mol. The molecule has 7 heteroatoms. The summed E-state index contributed by atoms with van der Waals surface area (Å²) < 4.78 is 3.55. The molecule has 1 atom stereocenters. The van der Waals surface area contributed by atoms with Gasteiger partial charge in [0.25, 0.3) is 0 Å². The van der Waals surface area contributed by atoms with E-state index in [4.69, 9.17) is 5.84 Å². The Labute approximate surface area is 116 Å². The average molecular weight is 361 g/mol. The van der Waals surface area contributed by atoms with E-state index in [1.807, 2.05) is 19.2 Å². The second-order valence-electron chi connectivity index (χ2n) is 3.47. The first kappa shape index (κ1) is 12.7. The van der Waals surface area contributed by atoms with Gasteiger partial charge >= 0.3 is 0 Å². The normalized spacial score (nSPS) is 12.7. The molecule has 1 unspecified atom stereocenters. The summed E-state index contributed by atoms with van der Waals surface area (Å²) >= 11 is 6.93. The van der Waals surface area contributed by atoms with Crippen LogP contribution < -0.4 is 11.3 Å². The van der Waals surface area contributed by atoms with Crippen LogP contribution in [0.5, 0.6) is 0 Å². The fraction of sp³-hybridized carbons (Fsp3) is 0.200. The highest BCUT2D eigenvalue weighted by Crippen LogP contribution is 2.30. The van der Waals surface area contributed by atoms with Gasteiger partial charge in [-0.3, -0.25) is 15.5 Å². The molecule has 0 spiro atoms. The first-order valence-electron chi connectivity index (χ1n) is 4.89. The summed E-state index contributed by atoms with van der Waals surface area (Å²) in [5.74, 6) is 5.63. The standard InChI is InChI=1S/C10H11Br2N5/c1-17-10(7(12)5-15-17)9(16-13)8-6(11)3-2-4-14-8/h2-5,9,16H,13H2,1H3. The van der Waals surface area contributed by atoms with Crippen LogP contribution >= 0.6 is 31.9 Å². The zero-order valence-electron chi connectivity index (χ0n) is 9.06. The molecule has 0 amide bonds. The Kier molecular flexibility index (Phi) is 3.93. The number of rotatable bonds is 3. The summed E-state index contributed by atoms with van der Waals surface area (Å²) in [5, 5.41) is 4.17. The van der Waals surface area contributed by atoms with Crippen LogP contribution in [0.15, 0.2) is 33.5 Å². The second kappa shape index (κ2) is 5.26. The van der Waals surface area contributed by atoms with E-state index < -0.39 is 0 Å². The molecule has 2 heterocycles. The van der Waals surface area contributed by atoms with Crippen LogP contribution in [0, 0.1) is 0 Å². The number of aryl methyl sites for hydroxylation is 1. The number of nitrogens with one attached hydrogen (secondary N) is 1. The van der Waals surface area contributed by atoms with Crippen molar-refractivity contribution in [1.82, 2.24) is 20.2 Å². The van der Waals surface area contributed by atoms with Crippen molar-refractivity contribution in [3.63, 3.8) is 0 Å². The van der Waals surface area contributed by atoms with E-state index in [1.165, 1.54) is 0 Å². The third-order valence-corrected chi connectivity index (χ3v) is 3.72. The quantitative estimate of drug-likeness (QED) is 0.647. The van der Waals surface area contributed by atoms with Gasteiger partial charge in [-0.15, -0.1) is 0 Å². The minimum Gasteiger partial charge on any atom is -0.270 e. The zero-order chi connectivity index (χ0) is 12.4.